The lowest BCUT2D eigenvalue weighted by atomic mass is 10.4. The van der Waals surface area contributed by atoms with Gasteiger partial charge in [-0.25, -0.2) is 0 Å². The van der Waals surface area contributed by atoms with E-state index in [2.05, 4.69) is 15.5 Å². The van der Waals surface area contributed by atoms with E-state index in [9.17, 15) is 0 Å². The van der Waals surface area contributed by atoms with Crippen molar-refractivity contribution < 1.29 is 0 Å². The van der Waals surface area contributed by atoms with Gasteiger partial charge in [0.05, 0.1) is 5.69 Å². The molecule has 0 spiro atoms. The molecule has 13 heavy (non-hydrogen) atoms. The number of nitrogens with zero attached hydrogens (tertiary/aromatic N) is 3. The number of nitrogens with one attached hydrogen (secondary N) is 1. The van der Waals surface area contributed by atoms with E-state index in [-0.39, 0.29) is 0 Å². The topological polar surface area (TPSA) is 42.7 Å². The Balaban J connectivity index is 2.41. The molecule has 4 nitrogen and oxygen atoms in total. The van der Waals surface area contributed by atoms with Gasteiger partial charge in [-0.1, -0.05) is 11.3 Å². The van der Waals surface area contributed by atoms with Crippen LogP contribution in [0, 0.1) is 0 Å². The smallest absolute Gasteiger partial charge is 0.205 e. The highest BCUT2D eigenvalue weighted by Gasteiger charge is 2.07. The SMILES string of the molecule is CNc1nnc(-c2cccn2C)s1. The first-order chi connectivity index (χ1) is 6.31. The van der Waals surface area contributed by atoms with Crippen LogP contribution in [0.5, 0.6) is 0 Å². The summed E-state index contributed by atoms with van der Waals surface area (Å²) in [7, 11) is 3.84. The largest absolute Gasteiger partial charge is 0.363 e. The third-order valence-corrected chi connectivity index (χ3v) is 2.76. The molecule has 0 fully saturated rings. The Labute approximate surface area is 80.2 Å². The molecule has 2 aromatic heterocycles. The molecule has 0 unspecified atom stereocenters. The van der Waals surface area contributed by atoms with Crippen molar-refractivity contribution in [1.29, 1.82) is 0 Å². The molecule has 68 valence electrons. The van der Waals surface area contributed by atoms with Gasteiger partial charge in [0.2, 0.25) is 5.13 Å². The van der Waals surface area contributed by atoms with E-state index in [0.717, 1.165) is 15.8 Å². The van der Waals surface area contributed by atoms with E-state index in [4.69, 9.17) is 0 Å². The van der Waals surface area contributed by atoms with E-state index in [1.54, 1.807) is 11.3 Å². The molecular formula is C8H10N4S. The molecule has 0 bridgehead atoms. The number of anilines is 1. The summed E-state index contributed by atoms with van der Waals surface area (Å²) in [5.41, 5.74) is 1.10. The minimum Gasteiger partial charge on any atom is -0.363 e. The molecule has 2 aromatic rings. The second-order valence-corrected chi connectivity index (χ2v) is 3.64. The van der Waals surface area contributed by atoms with E-state index in [1.807, 2.05) is 37.0 Å². The Kier molecular flexibility index (Phi) is 2.02. The van der Waals surface area contributed by atoms with Crippen molar-refractivity contribution in [3.05, 3.63) is 18.3 Å². The highest BCUT2D eigenvalue weighted by atomic mass is 32.1. The molecular weight excluding hydrogens is 184 g/mol. The highest BCUT2D eigenvalue weighted by Crippen LogP contribution is 2.25. The van der Waals surface area contributed by atoms with Crippen LogP contribution in [-0.2, 0) is 7.05 Å². The zero-order valence-corrected chi connectivity index (χ0v) is 8.30. The molecule has 5 heteroatoms. The summed E-state index contributed by atoms with van der Waals surface area (Å²) in [6.07, 6.45) is 2.00. The third-order valence-electron chi connectivity index (χ3n) is 1.80. The van der Waals surface area contributed by atoms with Crippen LogP contribution >= 0.6 is 11.3 Å². The molecule has 0 aliphatic heterocycles. The van der Waals surface area contributed by atoms with Crippen molar-refractivity contribution in [2.24, 2.45) is 7.05 Å². The summed E-state index contributed by atoms with van der Waals surface area (Å²) in [5.74, 6) is 0. The molecule has 0 saturated carbocycles. The summed E-state index contributed by atoms with van der Waals surface area (Å²) < 4.78 is 2.03. The number of aryl methyl sites for hydroxylation is 1. The van der Waals surface area contributed by atoms with E-state index in [0.29, 0.717) is 0 Å². The molecule has 0 saturated heterocycles. The van der Waals surface area contributed by atoms with Crippen LogP contribution in [0.1, 0.15) is 0 Å². The summed E-state index contributed by atoms with van der Waals surface area (Å²) >= 11 is 1.55. The van der Waals surface area contributed by atoms with Crippen LogP contribution in [0.3, 0.4) is 0 Å². The molecule has 2 heterocycles. The van der Waals surface area contributed by atoms with E-state index < -0.39 is 0 Å². The molecule has 0 radical (unpaired) electrons. The molecule has 2 rings (SSSR count). The van der Waals surface area contributed by atoms with Crippen molar-refractivity contribution in [3.63, 3.8) is 0 Å². The van der Waals surface area contributed by atoms with E-state index in [1.165, 1.54) is 0 Å². The monoisotopic (exact) mass is 194 g/mol. The average molecular weight is 194 g/mol. The summed E-state index contributed by atoms with van der Waals surface area (Å²) in [6.45, 7) is 0. The first kappa shape index (κ1) is 8.25. The molecule has 0 aromatic carbocycles. The van der Waals surface area contributed by atoms with Gasteiger partial charge in [0, 0.05) is 20.3 Å². The molecule has 0 atom stereocenters. The van der Waals surface area contributed by atoms with Gasteiger partial charge in [0.25, 0.3) is 0 Å². The maximum Gasteiger partial charge on any atom is 0.205 e. The second-order valence-electron chi connectivity index (χ2n) is 2.67. The quantitative estimate of drug-likeness (QED) is 0.789. The molecule has 0 aliphatic carbocycles. The van der Waals surface area contributed by atoms with Gasteiger partial charge in [-0.3, -0.25) is 0 Å². The maximum atomic E-state index is 4.08. The number of aromatic nitrogens is 3. The van der Waals surface area contributed by atoms with Gasteiger partial charge in [-0.05, 0) is 12.1 Å². The Morgan fingerprint density at radius 2 is 2.31 bits per heavy atom. The van der Waals surface area contributed by atoms with Gasteiger partial charge < -0.3 is 9.88 Å². The van der Waals surface area contributed by atoms with Crippen molar-refractivity contribution in [1.82, 2.24) is 14.8 Å². The summed E-state index contributed by atoms with van der Waals surface area (Å²) in [4.78, 5) is 0. The van der Waals surface area contributed by atoms with Crippen molar-refractivity contribution in [2.75, 3.05) is 12.4 Å². The minimum absolute atomic E-state index is 0.844. The highest BCUT2D eigenvalue weighted by molar-refractivity contribution is 7.18. The van der Waals surface area contributed by atoms with Crippen LogP contribution in [0.4, 0.5) is 5.13 Å². The lowest BCUT2D eigenvalue weighted by Crippen LogP contribution is -1.88. The Hall–Kier alpha value is -1.36. The number of rotatable bonds is 2. The Morgan fingerprint density at radius 3 is 2.85 bits per heavy atom. The minimum atomic E-state index is 0.844. The molecule has 0 aliphatic rings. The third kappa shape index (κ3) is 1.42. The summed E-state index contributed by atoms with van der Waals surface area (Å²) in [5, 5.41) is 12.8. The molecule has 1 N–H and O–H groups in total. The van der Waals surface area contributed by atoms with Gasteiger partial charge >= 0.3 is 0 Å². The average Bonchev–Trinajstić information content (AvgIpc) is 2.71. The Morgan fingerprint density at radius 1 is 1.46 bits per heavy atom. The van der Waals surface area contributed by atoms with Crippen LogP contribution in [0.2, 0.25) is 0 Å². The number of hydrogen-bond donors (Lipinski definition) is 1. The van der Waals surface area contributed by atoms with Crippen LogP contribution < -0.4 is 5.32 Å². The van der Waals surface area contributed by atoms with Crippen LogP contribution in [-0.4, -0.2) is 21.8 Å². The fraction of sp³-hybridized carbons (Fsp3) is 0.250. The second kappa shape index (κ2) is 3.18. The zero-order valence-electron chi connectivity index (χ0n) is 7.48. The fourth-order valence-electron chi connectivity index (χ4n) is 1.11. The molecule has 0 amide bonds. The first-order valence-electron chi connectivity index (χ1n) is 3.94. The van der Waals surface area contributed by atoms with Gasteiger partial charge in [0.1, 0.15) is 0 Å². The number of hydrogen-bond acceptors (Lipinski definition) is 4. The lowest BCUT2D eigenvalue weighted by molar-refractivity contribution is 0.929. The Bertz CT molecular complexity index is 404. The lowest BCUT2D eigenvalue weighted by Gasteiger charge is -1.95. The van der Waals surface area contributed by atoms with E-state index >= 15 is 0 Å². The standard InChI is InChI=1S/C8H10N4S/c1-9-8-11-10-7(13-8)6-4-3-5-12(6)2/h3-5H,1-2H3,(H,9,11). The van der Waals surface area contributed by atoms with Crippen molar-refractivity contribution in [2.45, 2.75) is 0 Å². The maximum absolute atomic E-state index is 4.08. The van der Waals surface area contributed by atoms with Gasteiger partial charge in [-0.15, -0.1) is 10.2 Å². The van der Waals surface area contributed by atoms with Crippen LogP contribution in [0.25, 0.3) is 10.7 Å². The first-order valence-corrected chi connectivity index (χ1v) is 4.76. The summed E-state index contributed by atoms with van der Waals surface area (Å²) in [6, 6.07) is 4.02. The predicted octanol–water partition coefficient (Wildman–Crippen LogP) is 1.59. The fourth-order valence-corrected chi connectivity index (χ4v) is 1.88. The van der Waals surface area contributed by atoms with Gasteiger partial charge in [0.15, 0.2) is 5.01 Å². The zero-order chi connectivity index (χ0) is 9.26. The normalized spacial score (nSPS) is 10.3. The van der Waals surface area contributed by atoms with Crippen LogP contribution in [0.15, 0.2) is 18.3 Å². The predicted molar refractivity (Wildman–Crippen MR) is 53.9 cm³/mol. The van der Waals surface area contributed by atoms with Crippen molar-refractivity contribution in [3.8, 4) is 10.7 Å². The van der Waals surface area contributed by atoms with Gasteiger partial charge in [-0.2, -0.15) is 0 Å². The van der Waals surface area contributed by atoms with Crippen molar-refractivity contribution >= 4 is 16.5 Å².